The maximum Gasteiger partial charge on any atom is 0.435 e. The molecule has 7 heteroatoms. The fraction of sp³-hybridized carbons (Fsp3) is 0.385. The number of benzene rings is 1. The highest BCUT2D eigenvalue weighted by atomic mass is 16.6. The van der Waals surface area contributed by atoms with Crippen LogP contribution in [0.4, 0.5) is 10.5 Å². The van der Waals surface area contributed by atoms with Gasteiger partial charge in [0, 0.05) is 11.5 Å². The van der Waals surface area contributed by atoms with E-state index in [1.807, 2.05) is 0 Å². The van der Waals surface area contributed by atoms with Crippen molar-refractivity contribution in [3.8, 4) is 0 Å². The lowest BCUT2D eigenvalue weighted by Crippen LogP contribution is -2.27. The first-order valence-electron chi connectivity index (χ1n) is 6.06. The summed E-state index contributed by atoms with van der Waals surface area (Å²) < 4.78 is 6.30. The Morgan fingerprint density at radius 2 is 2.05 bits per heavy atom. The summed E-state index contributed by atoms with van der Waals surface area (Å²) in [5, 5.41) is 15.6. The SMILES string of the molecule is Cc1c([N+](=O)[O-])ccc2cnn(C(=O)OC(C)(C)C)c12. The number of aryl methyl sites for hydroxylation is 1. The van der Waals surface area contributed by atoms with E-state index in [1.165, 1.54) is 12.3 Å². The van der Waals surface area contributed by atoms with Crippen LogP contribution >= 0.6 is 0 Å². The predicted molar refractivity (Wildman–Crippen MR) is 72.8 cm³/mol. The molecule has 2 aromatic rings. The number of nitrogens with zero attached hydrogens (tertiary/aromatic N) is 3. The molecule has 0 atom stereocenters. The number of carbonyl (C=O) groups excluding carboxylic acids is 1. The molecule has 0 amide bonds. The monoisotopic (exact) mass is 277 g/mol. The molecule has 1 aromatic carbocycles. The number of rotatable bonds is 1. The maximum atomic E-state index is 12.1. The van der Waals surface area contributed by atoms with Gasteiger partial charge in [0.25, 0.3) is 5.69 Å². The van der Waals surface area contributed by atoms with Crippen LogP contribution in [-0.2, 0) is 4.74 Å². The van der Waals surface area contributed by atoms with E-state index in [0.29, 0.717) is 16.5 Å². The van der Waals surface area contributed by atoms with E-state index < -0.39 is 16.6 Å². The van der Waals surface area contributed by atoms with Gasteiger partial charge in [0.05, 0.1) is 22.2 Å². The Balaban J connectivity index is 2.58. The topological polar surface area (TPSA) is 87.3 Å². The molecule has 0 radical (unpaired) electrons. The number of aromatic nitrogens is 2. The summed E-state index contributed by atoms with van der Waals surface area (Å²) in [7, 11) is 0. The molecule has 0 unspecified atom stereocenters. The highest BCUT2D eigenvalue weighted by molar-refractivity contribution is 5.91. The van der Waals surface area contributed by atoms with Gasteiger partial charge in [0.1, 0.15) is 5.60 Å². The van der Waals surface area contributed by atoms with Crippen LogP contribution in [0.15, 0.2) is 18.3 Å². The van der Waals surface area contributed by atoms with Crippen LogP contribution in [0.25, 0.3) is 10.9 Å². The first-order chi connectivity index (χ1) is 9.20. The summed E-state index contributed by atoms with van der Waals surface area (Å²) in [5.41, 5.74) is 0.0661. The summed E-state index contributed by atoms with van der Waals surface area (Å²) in [6.45, 7) is 6.81. The summed E-state index contributed by atoms with van der Waals surface area (Å²) in [5.74, 6) is 0. The minimum absolute atomic E-state index is 0.0530. The van der Waals surface area contributed by atoms with E-state index in [2.05, 4.69) is 5.10 Å². The van der Waals surface area contributed by atoms with Gasteiger partial charge in [-0.25, -0.2) is 4.79 Å². The molecule has 0 saturated carbocycles. The molecule has 1 heterocycles. The third-order valence-corrected chi connectivity index (χ3v) is 2.72. The summed E-state index contributed by atoms with van der Waals surface area (Å²) in [4.78, 5) is 22.5. The molecule has 20 heavy (non-hydrogen) atoms. The number of fused-ring (bicyclic) bond motifs is 1. The van der Waals surface area contributed by atoms with Crippen molar-refractivity contribution in [3.05, 3.63) is 34.0 Å². The standard InChI is InChI=1S/C13H15N3O4/c1-8-10(16(18)19)6-5-9-7-14-15(11(8)9)12(17)20-13(2,3)4/h5-7H,1-4H3. The van der Waals surface area contributed by atoms with E-state index in [-0.39, 0.29) is 5.69 Å². The Bertz CT molecular complexity index is 697. The van der Waals surface area contributed by atoms with E-state index in [4.69, 9.17) is 4.74 Å². The zero-order valence-electron chi connectivity index (χ0n) is 11.7. The Hall–Kier alpha value is -2.44. The lowest BCUT2D eigenvalue weighted by molar-refractivity contribution is -0.385. The second-order valence-corrected chi connectivity index (χ2v) is 5.44. The van der Waals surface area contributed by atoms with Gasteiger partial charge in [-0.15, -0.1) is 0 Å². The van der Waals surface area contributed by atoms with Crippen molar-refractivity contribution in [2.24, 2.45) is 0 Å². The average Bonchev–Trinajstić information content (AvgIpc) is 2.71. The average molecular weight is 277 g/mol. The van der Waals surface area contributed by atoms with Gasteiger partial charge in [-0.3, -0.25) is 10.1 Å². The highest BCUT2D eigenvalue weighted by Crippen LogP contribution is 2.27. The molecule has 0 bridgehead atoms. The molecule has 106 valence electrons. The molecule has 0 aliphatic heterocycles. The molecule has 0 aliphatic rings. The highest BCUT2D eigenvalue weighted by Gasteiger charge is 2.23. The minimum atomic E-state index is -0.663. The normalized spacial score (nSPS) is 11.6. The van der Waals surface area contributed by atoms with Gasteiger partial charge >= 0.3 is 6.09 Å². The number of hydrogen-bond donors (Lipinski definition) is 0. The Morgan fingerprint density at radius 3 is 2.60 bits per heavy atom. The summed E-state index contributed by atoms with van der Waals surface area (Å²) in [6, 6.07) is 2.97. The van der Waals surface area contributed by atoms with Crippen LogP contribution in [0.5, 0.6) is 0 Å². The summed E-state index contributed by atoms with van der Waals surface area (Å²) in [6.07, 6.45) is 0.826. The third-order valence-electron chi connectivity index (χ3n) is 2.72. The largest absolute Gasteiger partial charge is 0.442 e. The fourth-order valence-corrected chi connectivity index (χ4v) is 1.91. The predicted octanol–water partition coefficient (Wildman–Crippen LogP) is 3.04. The van der Waals surface area contributed by atoms with Gasteiger partial charge in [-0.1, -0.05) is 0 Å². The Morgan fingerprint density at radius 1 is 1.40 bits per heavy atom. The van der Waals surface area contributed by atoms with E-state index in [0.717, 1.165) is 4.68 Å². The lowest BCUT2D eigenvalue weighted by Gasteiger charge is -2.19. The zero-order valence-corrected chi connectivity index (χ0v) is 11.7. The van der Waals surface area contributed by atoms with Crippen molar-refractivity contribution < 1.29 is 14.5 Å². The van der Waals surface area contributed by atoms with Gasteiger partial charge < -0.3 is 4.74 Å². The minimum Gasteiger partial charge on any atom is -0.442 e. The molecule has 2 rings (SSSR count). The van der Waals surface area contributed by atoms with Crippen molar-refractivity contribution >= 4 is 22.7 Å². The van der Waals surface area contributed by atoms with Crippen molar-refractivity contribution in [1.29, 1.82) is 0 Å². The molecular weight excluding hydrogens is 262 g/mol. The molecule has 0 saturated heterocycles. The number of nitro groups is 1. The molecule has 0 aliphatic carbocycles. The van der Waals surface area contributed by atoms with E-state index in [1.54, 1.807) is 33.8 Å². The second-order valence-electron chi connectivity index (χ2n) is 5.44. The van der Waals surface area contributed by atoms with Gasteiger partial charge in [-0.05, 0) is 33.8 Å². The van der Waals surface area contributed by atoms with Crippen molar-refractivity contribution in [2.75, 3.05) is 0 Å². The zero-order chi connectivity index (χ0) is 15.1. The molecular formula is C13H15N3O4. The molecule has 0 N–H and O–H groups in total. The van der Waals surface area contributed by atoms with Gasteiger partial charge in [-0.2, -0.15) is 9.78 Å². The van der Waals surface area contributed by atoms with Crippen LogP contribution in [0, 0.1) is 17.0 Å². The van der Waals surface area contributed by atoms with Crippen molar-refractivity contribution in [3.63, 3.8) is 0 Å². The number of hydrogen-bond acceptors (Lipinski definition) is 5. The maximum absolute atomic E-state index is 12.1. The second kappa shape index (κ2) is 4.59. The Labute approximate surface area is 115 Å². The molecule has 0 fully saturated rings. The van der Waals surface area contributed by atoms with Crippen LogP contribution in [0.1, 0.15) is 26.3 Å². The third kappa shape index (κ3) is 2.47. The van der Waals surface area contributed by atoms with Gasteiger partial charge in [0.15, 0.2) is 0 Å². The first kappa shape index (κ1) is 14.0. The molecule has 0 spiro atoms. The van der Waals surface area contributed by atoms with Crippen molar-refractivity contribution in [1.82, 2.24) is 9.78 Å². The summed E-state index contributed by atoms with van der Waals surface area (Å²) >= 11 is 0. The lowest BCUT2D eigenvalue weighted by atomic mass is 10.1. The molecule has 1 aromatic heterocycles. The number of nitro benzene ring substituents is 1. The van der Waals surface area contributed by atoms with Crippen LogP contribution < -0.4 is 0 Å². The number of carbonyl (C=O) groups is 1. The number of ether oxygens (including phenoxy) is 1. The van der Waals surface area contributed by atoms with Gasteiger partial charge in [0.2, 0.25) is 0 Å². The Kier molecular flexibility index (Phi) is 3.21. The van der Waals surface area contributed by atoms with Crippen LogP contribution in [0.2, 0.25) is 0 Å². The first-order valence-corrected chi connectivity index (χ1v) is 6.06. The van der Waals surface area contributed by atoms with Crippen molar-refractivity contribution in [2.45, 2.75) is 33.3 Å². The fourth-order valence-electron chi connectivity index (χ4n) is 1.91. The quantitative estimate of drug-likeness (QED) is 0.590. The molecule has 7 nitrogen and oxygen atoms in total. The van der Waals surface area contributed by atoms with Crippen LogP contribution in [-0.4, -0.2) is 26.4 Å². The van der Waals surface area contributed by atoms with Crippen LogP contribution in [0.3, 0.4) is 0 Å². The van der Waals surface area contributed by atoms with E-state index in [9.17, 15) is 14.9 Å². The van der Waals surface area contributed by atoms with E-state index >= 15 is 0 Å². The smallest absolute Gasteiger partial charge is 0.435 e.